The molecule has 0 aliphatic heterocycles. The number of aliphatic hydroxyl groups is 1. The zero-order valence-electron chi connectivity index (χ0n) is 13.1. The van der Waals surface area contributed by atoms with Crippen LogP contribution in [0.15, 0.2) is 18.2 Å². The Morgan fingerprint density at radius 1 is 1.33 bits per heavy atom. The van der Waals surface area contributed by atoms with Crippen LogP contribution in [0.2, 0.25) is 5.02 Å². The van der Waals surface area contributed by atoms with Crippen LogP contribution in [0.4, 0.5) is 5.69 Å². The summed E-state index contributed by atoms with van der Waals surface area (Å²) < 4.78 is 0. The van der Waals surface area contributed by atoms with Crippen LogP contribution in [0, 0.1) is 0 Å². The normalized spacial score (nSPS) is 15.9. The van der Waals surface area contributed by atoms with Crippen molar-refractivity contribution < 1.29 is 5.11 Å². The molecule has 1 aromatic rings. The fourth-order valence-electron chi connectivity index (χ4n) is 3.02. The van der Waals surface area contributed by atoms with Crippen molar-refractivity contribution in [2.45, 2.75) is 58.2 Å². The van der Waals surface area contributed by atoms with Gasteiger partial charge in [-0.2, -0.15) is 0 Å². The molecule has 1 aromatic carbocycles. The molecule has 1 aliphatic carbocycles. The number of halogens is 1. The Labute approximate surface area is 133 Å². The Morgan fingerprint density at radius 2 is 2.05 bits per heavy atom. The SMILES string of the molecule is CC(C)NCc1ccc(N(CCO)C2CCCC2)cc1Cl. The van der Waals surface area contributed by atoms with Gasteiger partial charge in [-0.25, -0.2) is 0 Å². The number of hydrogen-bond acceptors (Lipinski definition) is 3. The van der Waals surface area contributed by atoms with E-state index < -0.39 is 0 Å². The van der Waals surface area contributed by atoms with Gasteiger partial charge in [0, 0.05) is 35.9 Å². The molecule has 21 heavy (non-hydrogen) atoms. The number of rotatable bonds is 7. The van der Waals surface area contributed by atoms with Gasteiger partial charge in [0.05, 0.1) is 6.61 Å². The predicted octanol–water partition coefficient (Wildman–Crippen LogP) is 3.58. The van der Waals surface area contributed by atoms with E-state index in [2.05, 4.69) is 36.2 Å². The first-order valence-corrected chi connectivity index (χ1v) is 8.39. The summed E-state index contributed by atoms with van der Waals surface area (Å²) in [5, 5.41) is 13.5. The molecule has 0 spiro atoms. The quantitative estimate of drug-likeness (QED) is 0.808. The van der Waals surface area contributed by atoms with Gasteiger partial charge in [-0.15, -0.1) is 0 Å². The maximum absolute atomic E-state index is 9.34. The van der Waals surface area contributed by atoms with Gasteiger partial charge in [-0.05, 0) is 30.5 Å². The molecule has 0 aromatic heterocycles. The van der Waals surface area contributed by atoms with Crippen molar-refractivity contribution in [2.24, 2.45) is 0 Å². The Kier molecular flexibility index (Phi) is 6.34. The molecule has 0 atom stereocenters. The molecule has 0 amide bonds. The van der Waals surface area contributed by atoms with Crippen molar-refractivity contribution in [1.29, 1.82) is 0 Å². The highest BCUT2D eigenvalue weighted by molar-refractivity contribution is 6.31. The molecule has 1 aliphatic rings. The molecule has 0 saturated heterocycles. The first kappa shape index (κ1) is 16.6. The van der Waals surface area contributed by atoms with Gasteiger partial charge in [0.1, 0.15) is 0 Å². The lowest BCUT2D eigenvalue weighted by molar-refractivity contribution is 0.297. The Morgan fingerprint density at radius 3 is 2.62 bits per heavy atom. The standard InChI is InChI=1S/C17H27ClN2O/c1-13(2)19-12-14-7-8-16(11-17(14)18)20(9-10-21)15-5-3-4-6-15/h7-8,11,13,15,19,21H,3-6,9-10,12H2,1-2H3. The van der Waals surface area contributed by atoms with E-state index in [1.165, 1.54) is 25.7 Å². The van der Waals surface area contributed by atoms with E-state index in [1.807, 2.05) is 6.07 Å². The lowest BCUT2D eigenvalue weighted by Crippen LogP contribution is -2.35. The van der Waals surface area contributed by atoms with E-state index in [0.717, 1.165) is 22.8 Å². The monoisotopic (exact) mass is 310 g/mol. The summed E-state index contributed by atoms with van der Waals surface area (Å²) in [7, 11) is 0. The summed E-state index contributed by atoms with van der Waals surface area (Å²) in [6.45, 7) is 5.92. The molecular weight excluding hydrogens is 284 g/mol. The summed E-state index contributed by atoms with van der Waals surface area (Å²) in [4.78, 5) is 2.32. The highest BCUT2D eigenvalue weighted by Gasteiger charge is 2.22. The van der Waals surface area contributed by atoms with Crippen molar-refractivity contribution in [3.05, 3.63) is 28.8 Å². The highest BCUT2D eigenvalue weighted by atomic mass is 35.5. The van der Waals surface area contributed by atoms with Crippen LogP contribution in [-0.4, -0.2) is 30.3 Å². The minimum absolute atomic E-state index is 0.185. The second-order valence-electron chi connectivity index (χ2n) is 6.17. The summed E-state index contributed by atoms with van der Waals surface area (Å²) in [6, 6.07) is 7.29. The minimum Gasteiger partial charge on any atom is -0.395 e. The molecule has 4 heteroatoms. The second-order valence-corrected chi connectivity index (χ2v) is 6.57. The van der Waals surface area contributed by atoms with Gasteiger partial charge in [0.25, 0.3) is 0 Å². The van der Waals surface area contributed by atoms with Crippen LogP contribution >= 0.6 is 11.6 Å². The Bertz CT molecular complexity index is 444. The first-order valence-electron chi connectivity index (χ1n) is 8.01. The van der Waals surface area contributed by atoms with Crippen LogP contribution in [0.25, 0.3) is 0 Å². The molecule has 3 nitrogen and oxygen atoms in total. The zero-order chi connectivity index (χ0) is 15.2. The van der Waals surface area contributed by atoms with Crippen molar-refractivity contribution in [1.82, 2.24) is 5.32 Å². The number of nitrogens with zero attached hydrogens (tertiary/aromatic N) is 1. The van der Waals surface area contributed by atoms with Crippen molar-refractivity contribution in [3.8, 4) is 0 Å². The lowest BCUT2D eigenvalue weighted by atomic mass is 10.1. The van der Waals surface area contributed by atoms with E-state index >= 15 is 0 Å². The average Bonchev–Trinajstić information content (AvgIpc) is 2.97. The number of hydrogen-bond donors (Lipinski definition) is 2. The van der Waals surface area contributed by atoms with Crippen molar-refractivity contribution in [2.75, 3.05) is 18.1 Å². The van der Waals surface area contributed by atoms with Crippen molar-refractivity contribution in [3.63, 3.8) is 0 Å². The Hall–Kier alpha value is -0.770. The van der Waals surface area contributed by atoms with Gasteiger partial charge in [-0.1, -0.05) is 44.4 Å². The van der Waals surface area contributed by atoms with E-state index in [4.69, 9.17) is 11.6 Å². The van der Waals surface area contributed by atoms with Crippen LogP contribution in [0.1, 0.15) is 45.1 Å². The summed E-state index contributed by atoms with van der Waals surface area (Å²) in [5.74, 6) is 0. The molecule has 118 valence electrons. The number of anilines is 1. The fourth-order valence-corrected chi connectivity index (χ4v) is 3.26. The topological polar surface area (TPSA) is 35.5 Å². The largest absolute Gasteiger partial charge is 0.395 e. The summed E-state index contributed by atoms with van der Waals surface area (Å²) >= 11 is 6.43. The fraction of sp³-hybridized carbons (Fsp3) is 0.647. The predicted molar refractivity (Wildman–Crippen MR) is 90.1 cm³/mol. The smallest absolute Gasteiger partial charge is 0.0606 e. The van der Waals surface area contributed by atoms with Crippen LogP contribution in [-0.2, 0) is 6.54 Å². The number of aliphatic hydroxyl groups excluding tert-OH is 1. The maximum Gasteiger partial charge on any atom is 0.0606 e. The zero-order valence-corrected chi connectivity index (χ0v) is 13.9. The van der Waals surface area contributed by atoms with Gasteiger partial charge < -0.3 is 15.3 Å². The van der Waals surface area contributed by atoms with Gasteiger partial charge in [-0.3, -0.25) is 0 Å². The molecule has 2 rings (SSSR count). The molecule has 0 radical (unpaired) electrons. The molecule has 0 heterocycles. The highest BCUT2D eigenvalue weighted by Crippen LogP contribution is 2.30. The lowest BCUT2D eigenvalue weighted by Gasteiger charge is -2.31. The molecule has 2 N–H and O–H groups in total. The van der Waals surface area contributed by atoms with Crippen LogP contribution in [0.5, 0.6) is 0 Å². The Balaban J connectivity index is 2.11. The van der Waals surface area contributed by atoms with Gasteiger partial charge in [0.2, 0.25) is 0 Å². The van der Waals surface area contributed by atoms with Gasteiger partial charge in [0.15, 0.2) is 0 Å². The maximum atomic E-state index is 9.34. The third kappa shape index (κ3) is 4.60. The molecule has 1 fully saturated rings. The first-order chi connectivity index (χ1) is 10.1. The average molecular weight is 311 g/mol. The van der Waals surface area contributed by atoms with E-state index in [1.54, 1.807) is 0 Å². The second kappa shape index (κ2) is 8.02. The third-order valence-corrected chi connectivity index (χ3v) is 4.53. The molecular formula is C17H27ClN2O. The van der Waals surface area contributed by atoms with E-state index in [9.17, 15) is 5.11 Å². The van der Waals surface area contributed by atoms with Crippen LogP contribution < -0.4 is 10.2 Å². The molecule has 0 bridgehead atoms. The van der Waals surface area contributed by atoms with Crippen LogP contribution in [0.3, 0.4) is 0 Å². The number of nitrogens with one attached hydrogen (secondary N) is 1. The minimum atomic E-state index is 0.185. The van der Waals surface area contributed by atoms with Gasteiger partial charge >= 0.3 is 0 Å². The van der Waals surface area contributed by atoms with E-state index in [0.29, 0.717) is 18.6 Å². The number of benzene rings is 1. The molecule has 0 unspecified atom stereocenters. The summed E-state index contributed by atoms with van der Waals surface area (Å²) in [5.41, 5.74) is 2.26. The third-order valence-electron chi connectivity index (χ3n) is 4.18. The summed E-state index contributed by atoms with van der Waals surface area (Å²) in [6.07, 6.45) is 5.01. The molecule has 1 saturated carbocycles. The van der Waals surface area contributed by atoms with E-state index in [-0.39, 0.29) is 6.61 Å². The van der Waals surface area contributed by atoms with Crippen molar-refractivity contribution >= 4 is 17.3 Å².